The van der Waals surface area contributed by atoms with E-state index >= 15 is 0 Å². The molecule has 5 nitrogen and oxygen atoms in total. The van der Waals surface area contributed by atoms with Crippen molar-refractivity contribution in [2.45, 2.75) is 24.8 Å². The smallest absolute Gasteiger partial charge is 0.329 e. The summed E-state index contributed by atoms with van der Waals surface area (Å²) in [4.78, 5) is 25.0. The van der Waals surface area contributed by atoms with Gasteiger partial charge in [-0.05, 0) is 43.0 Å². The molecule has 5 heteroatoms. The molecule has 1 aromatic rings. The van der Waals surface area contributed by atoms with Crippen molar-refractivity contribution in [2.75, 3.05) is 19.0 Å². The Morgan fingerprint density at radius 1 is 1.24 bits per heavy atom. The number of anilines is 1. The second-order valence-electron chi connectivity index (χ2n) is 5.55. The summed E-state index contributed by atoms with van der Waals surface area (Å²) in [6, 6.07) is 7.75. The summed E-state index contributed by atoms with van der Waals surface area (Å²) in [7, 11) is 3.92. The molecule has 2 rings (SSSR count). The van der Waals surface area contributed by atoms with E-state index in [1.807, 2.05) is 43.3 Å². The van der Waals surface area contributed by atoms with Gasteiger partial charge in [-0.25, -0.2) is 4.79 Å². The molecule has 1 aromatic carbocycles. The van der Waals surface area contributed by atoms with Crippen LogP contribution < -0.4 is 10.2 Å². The number of hydrogen-bond donors (Lipinski definition) is 2. The normalized spacial score (nSPS) is 16.3. The van der Waals surface area contributed by atoms with E-state index in [2.05, 4.69) is 5.32 Å². The number of benzene rings is 1. The van der Waals surface area contributed by atoms with Gasteiger partial charge >= 0.3 is 5.97 Å². The molecule has 0 heterocycles. The number of carbonyl (C=O) groups excluding carboxylic acids is 1. The van der Waals surface area contributed by atoms with Crippen molar-refractivity contribution in [2.24, 2.45) is 0 Å². The standard InChI is InChI=1S/C16H20N2O3/c1-18(2)13-7-4-12(5-8-13)6-9-14(19)17-16(15(20)21)10-3-11-16/h4-9H,3,10-11H2,1-2H3,(H,17,19)(H,20,21)/b9-6+. The number of carboxylic acid groups (broad SMARTS) is 1. The van der Waals surface area contributed by atoms with E-state index in [1.54, 1.807) is 6.08 Å². The highest BCUT2D eigenvalue weighted by Gasteiger charge is 2.45. The summed E-state index contributed by atoms with van der Waals surface area (Å²) in [6.45, 7) is 0. The van der Waals surface area contributed by atoms with Crippen molar-refractivity contribution in [1.82, 2.24) is 5.32 Å². The summed E-state index contributed by atoms with van der Waals surface area (Å²) in [6.07, 6.45) is 4.90. The molecule has 0 saturated heterocycles. The number of amides is 1. The Morgan fingerprint density at radius 2 is 1.86 bits per heavy atom. The van der Waals surface area contributed by atoms with E-state index in [-0.39, 0.29) is 5.91 Å². The highest BCUT2D eigenvalue weighted by molar-refractivity contribution is 5.96. The Hall–Kier alpha value is -2.30. The van der Waals surface area contributed by atoms with Gasteiger partial charge < -0.3 is 15.3 Å². The predicted molar refractivity (Wildman–Crippen MR) is 82.2 cm³/mol. The molecule has 1 fully saturated rings. The maximum absolute atomic E-state index is 11.8. The van der Waals surface area contributed by atoms with Crippen LogP contribution in [0.4, 0.5) is 5.69 Å². The number of rotatable bonds is 5. The third-order valence-corrected chi connectivity index (χ3v) is 3.82. The molecular weight excluding hydrogens is 268 g/mol. The van der Waals surface area contributed by atoms with Crippen LogP contribution in [-0.2, 0) is 9.59 Å². The molecule has 1 aliphatic carbocycles. The van der Waals surface area contributed by atoms with Gasteiger partial charge in [-0.15, -0.1) is 0 Å². The van der Waals surface area contributed by atoms with E-state index in [1.165, 1.54) is 6.08 Å². The number of carbonyl (C=O) groups is 2. The average Bonchev–Trinajstić information content (AvgIpc) is 2.40. The van der Waals surface area contributed by atoms with E-state index in [0.29, 0.717) is 12.8 Å². The summed E-state index contributed by atoms with van der Waals surface area (Å²) < 4.78 is 0. The zero-order chi connectivity index (χ0) is 15.5. The van der Waals surface area contributed by atoms with Gasteiger partial charge in [-0.3, -0.25) is 4.79 Å². The summed E-state index contributed by atoms with van der Waals surface area (Å²) in [5.41, 5.74) is 0.917. The van der Waals surface area contributed by atoms with Crippen molar-refractivity contribution in [3.63, 3.8) is 0 Å². The van der Waals surface area contributed by atoms with Crippen LogP contribution in [0.5, 0.6) is 0 Å². The zero-order valence-electron chi connectivity index (χ0n) is 12.3. The first kappa shape index (κ1) is 15.1. The summed E-state index contributed by atoms with van der Waals surface area (Å²) in [5, 5.41) is 11.8. The van der Waals surface area contributed by atoms with E-state index in [0.717, 1.165) is 17.7 Å². The largest absolute Gasteiger partial charge is 0.480 e. The second kappa shape index (κ2) is 5.99. The average molecular weight is 288 g/mol. The van der Waals surface area contributed by atoms with Crippen LogP contribution >= 0.6 is 0 Å². The fraction of sp³-hybridized carbons (Fsp3) is 0.375. The number of nitrogens with zero attached hydrogens (tertiary/aromatic N) is 1. The lowest BCUT2D eigenvalue weighted by Crippen LogP contribution is -2.58. The topological polar surface area (TPSA) is 69.6 Å². The third kappa shape index (κ3) is 3.42. The predicted octanol–water partition coefficient (Wildman–Crippen LogP) is 1.89. The number of hydrogen-bond acceptors (Lipinski definition) is 3. The van der Waals surface area contributed by atoms with Crippen molar-refractivity contribution >= 4 is 23.6 Å². The fourth-order valence-corrected chi connectivity index (χ4v) is 2.26. The van der Waals surface area contributed by atoms with Crippen LogP contribution in [0.2, 0.25) is 0 Å². The second-order valence-corrected chi connectivity index (χ2v) is 5.55. The molecule has 112 valence electrons. The lowest BCUT2D eigenvalue weighted by Gasteiger charge is -2.37. The summed E-state index contributed by atoms with van der Waals surface area (Å²) >= 11 is 0. The first-order valence-electron chi connectivity index (χ1n) is 6.94. The van der Waals surface area contributed by atoms with Crippen LogP contribution in [0.3, 0.4) is 0 Å². The molecule has 21 heavy (non-hydrogen) atoms. The number of aliphatic carboxylic acids is 1. The highest BCUT2D eigenvalue weighted by Crippen LogP contribution is 2.31. The van der Waals surface area contributed by atoms with Gasteiger partial charge in [-0.2, -0.15) is 0 Å². The maximum atomic E-state index is 11.8. The van der Waals surface area contributed by atoms with Gasteiger partial charge in [0, 0.05) is 25.9 Å². The molecule has 0 aromatic heterocycles. The molecule has 0 atom stereocenters. The fourth-order valence-electron chi connectivity index (χ4n) is 2.26. The van der Waals surface area contributed by atoms with Crippen LogP contribution in [0.15, 0.2) is 30.3 Å². The van der Waals surface area contributed by atoms with Gasteiger partial charge in [0.1, 0.15) is 5.54 Å². The molecule has 1 aliphatic rings. The van der Waals surface area contributed by atoms with E-state index < -0.39 is 11.5 Å². The molecular formula is C16H20N2O3. The van der Waals surface area contributed by atoms with Crippen molar-refractivity contribution < 1.29 is 14.7 Å². The number of carboxylic acids is 1. The summed E-state index contributed by atoms with van der Waals surface area (Å²) in [5.74, 6) is -1.32. The van der Waals surface area contributed by atoms with Crippen molar-refractivity contribution in [3.05, 3.63) is 35.9 Å². The van der Waals surface area contributed by atoms with Crippen molar-refractivity contribution in [1.29, 1.82) is 0 Å². The lowest BCUT2D eigenvalue weighted by molar-refractivity contribution is -0.151. The third-order valence-electron chi connectivity index (χ3n) is 3.82. The Bertz CT molecular complexity index is 557. The van der Waals surface area contributed by atoms with E-state index in [9.17, 15) is 9.59 Å². The monoisotopic (exact) mass is 288 g/mol. The Balaban J connectivity index is 1.97. The van der Waals surface area contributed by atoms with Crippen LogP contribution in [0, 0.1) is 0 Å². The first-order valence-corrected chi connectivity index (χ1v) is 6.94. The minimum atomic E-state index is -1.06. The number of nitrogens with one attached hydrogen (secondary N) is 1. The molecule has 2 N–H and O–H groups in total. The van der Waals surface area contributed by atoms with Crippen LogP contribution in [0.25, 0.3) is 6.08 Å². The van der Waals surface area contributed by atoms with Gasteiger partial charge in [-0.1, -0.05) is 12.1 Å². The van der Waals surface area contributed by atoms with Crippen molar-refractivity contribution in [3.8, 4) is 0 Å². The lowest BCUT2D eigenvalue weighted by atomic mass is 9.77. The first-order chi connectivity index (χ1) is 9.93. The van der Waals surface area contributed by atoms with Crippen LogP contribution in [-0.4, -0.2) is 36.6 Å². The van der Waals surface area contributed by atoms with E-state index in [4.69, 9.17) is 5.11 Å². The Kier molecular flexibility index (Phi) is 4.31. The molecule has 1 amide bonds. The zero-order valence-corrected chi connectivity index (χ0v) is 12.3. The minimum absolute atomic E-state index is 0.367. The van der Waals surface area contributed by atoms with Gasteiger partial charge in [0.25, 0.3) is 0 Å². The minimum Gasteiger partial charge on any atom is -0.480 e. The molecule has 0 bridgehead atoms. The molecule has 0 unspecified atom stereocenters. The Morgan fingerprint density at radius 3 is 2.29 bits per heavy atom. The van der Waals surface area contributed by atoms with Gasteiger partial charge in [0.15, 0.2) is 0 Å². The molecule has 0 aliphatic heterocycles. The molecule has 0 radical (unpaired) electrons. The Labute approximate surface area is 124 Å². The van der Waals surface area contributed by atoms with Gasteiger partial charge in [0.05, 0.1) is 0 Å². The molecule has 0 spiro atoms. The SMILES string of the molecule is CN(C)c1ccc(/C=C/C(=O)NC2(C(=O)O)CCC2)cc1. The quantitative estimate of drug-likeness (QED) is 0.812. The van der Waals surface area contributed by atoms with Gasteiger partial charge in [0.2, 0.25) is 5.91 Å². The highest BCUT2D eigenvalue weighted by atomic mass is 16.4. The maximum Gasteiger partial charge on any atom is 0.329 e. The molecule has 1 saturated carbocycles. The van der Waals surface area contributed by atoms with Crippen LogP contribution in [0.1, 0.15) is 24.8 Å².